The van der Waals surface area contributed by atoms with Gasteiger partial charge in [0.15, 0.2) is 5.82 Å². The van der Waals surface area contributed by atoms with Gasteiger partial charge in [-0.25, -0.2) is 4.68 Å². The van der Waals surface area contributed by atoms with Crippen molar-refractivity contribution in [1.82, 2.24) is 14.9 Å². The Morgan fingerprint density at radius 1 is 1.14 bits per heavy atom. The smallest absolute Gasteiger partial charge is 0.234 e. The van der Waals surface area contributed by atoms with Crippen LogP contribution in [0.2, 0.25) is 0 Å². The van der Waals surface area contributed by atoms with E-state index in [-0.39, 0.29) is 11.7 Å². The van der Waals surface area contributed by atoms with Crippen LogP contribution in [0, 0.1) is 0 Å². The molecule has 0 aliphatic rings. The molecule has 0 saturated carbocycles. The summed E-state index contributed by atoms with van der Waals surface area (Å²) in [7, 11) is 3.10. The van der Waals surface area contributed by atoms with Crippen LogP contribution in [-0.2, 0) is 11.2 Å². The van der Waals surface area contributed by atoms with Gasteiger partial charge < -0.3 is 20.6 Å². The Hall–Kier alpha value is -3.20. The van der Waals surface area contributed by atoms with E-state index in [0.717, 1.165) is 5.56 Å². The number of nitrogens with zero attached hydrogens (tertiary/aromatic N) is 3. The van der Waals surface area contributed by atoms with Crippen molar-refractivity contribution in [2.45, 2.75) is 11.6 Å². The predicted octanol–water partition coefficient (Wildman–Crippen LogP) is 2.33. The monoisotopic (exact) mass is 399 g/mol. The summed E-state index contributed by atoms with van der Waals surface area (Å²) in [4.78, 5) is 12.3. The summed E-state index contributed by atoms with van der Waals surface area (Å²) in [6.45, 7) is 0. The van der Waals surface area contributed by atoms with Gasteiger partial charge >= 0.3 is 0 Å². The first kappa shape index (κ1) is 19.6. The van der Waals surface area contributed by atoms with Gasteiger partial charge in [0.1, 0.15) is 11.5 Å². The van der Waals surface area contributed by atoms with Crippen LogP contribution in [-0.4, -0.2) is 40.8 Å². The van der Waals surface area contributed by atoms with Crippen LogP contribution in [0.15, 0.2) is 53.7 Å². The molecular weight excluding hydrogens is 378 g/mol. The number of nitrogen functional groups attached to an aromatic ring is 1. The maximum Gasteiger partial charge on any atom is 0.234 e. The number of methoxy groups -OCH3 is 2. The van der Waals surface area contributed by atoms with Gasteiger partial charge in [0.05, 0.1) is 25.7 Å². The van der Waals surface area contributed by atoms with Crippen molar-refractivity contribution in [2.24, 2.45) is 0 Å². The Kier molecular flexibility index (Phi) is 6.38. The molecule has 0 atom stereocenters. The molecule has 0 aliphatic carbocycles. The van der Waals surface area contributed by atoms with Crippen LogP contribution in [0.5, 0.6) is 11.5 Å². The molecule has 0 aliphatic heterocycles. The van der Waals surface area contributed by atoms with E-state index in [4.69, 9.17) is 15.3 Å². The minimum absolute atomic E-state index is 0.135. The van der Waals surface area contributed by atoms with E-state index in [1.54, 1.807) is 25.3 Å². The largest absolute Gasteiger partial charge is 0.497 e. The number of carbonyl (C=O) groups excluding carboxylic acids is 1. The van der Waals surface area contributed by atoms with Crippen molar-refractivity contribution >= 4 is 23.4 Å². The summed E-state index contributed by atoms with van der Waals surface area (Å²) in [5.74, 6) is 7.79. The maximum absolute atomic E-state index is 12.3. The lowest BCUT2D eigenvalue weighted by Gasteiger charge is -2.11. The lowest BCUT2D eigenvalue weighted by atomic mass is 10.1. The van der Waals surface area contributed by atoms with E-state index in [0.29, 0.717) is 34.6 Å². The van der Waals surface area contributed by atoms with Crippen LogP contribution < -0.4 is 20.6 Å². The molecule has 1 heterocycles. The second kappa shape index (κ2) is 9.14. The van der Waals surface area contributed by atoms with Crippen LogP contribution in [0.3, 0.4) is 0 Å². The van der Waals surface area contributed by atoms with E-state index in [1.807, 2.05) is 30.3 Å². The number of aromatic nitrogens is 3. The molecule has 146 valence electrons. The van der Waals surface area contributed by atoms with Gasteiger partial charge in [0, 0.05) is 12.5 Å². The third-order valence-electron chi connectivity index (χ3n) is 3.96. The molecule has 0 spiro atoms. The Morgan fingerprint density at radius 2 is 1.93 bits per heavy atom. The van der Waals surface area contributed by atoms with E-state index in [1.165, 1.54) is 23.5 Å². The van der Waals surface area contributed by atoms with Gasteiger partial charge in [-0.15, -0.1) is 10.2 Å². The third-order valence-corrected chi connectivity index (χ3v) is 4.90. The highest BCUT2D eigenvalue weighted by Gasteiger charge is 2.14. The van der Waals surface area contributed by atoms with Gasteiger partial charge in [-0.2, -0.15) is 0 Å². The highest BCUT2D eigenvalue weighted by atomic mass is 32.2. The van der Waals surface area contributed by atoms with Gasteiger partial charge in [0.2, 0.25) is 11.1 Å². The molecule has 0 bridgehead atoms. The summed E-state index contributed by atoms with van der Waals surface area (Å²) in [5, 5.41) is 11.5. The Labute approximate surface area is 167 Å². The fourth-order valence-electron chi connectivity index (χ4n) is 2.52. The molecule has 3 rings (SSSR count). The first-order chi connectivity index (χ1) is 13.6. The van der Waals surface area contributed by atoms with Crippen molar-refractivity contribution in [3.8, 4) is 11.5 Å². The van der Waals surface area contributed by atoms with E-state index >= 15 is 0 Å². The second-order valence-corrected chi connectivity index (χ2v) is 6.78. The number of anilines is 1. The highest BCUT2D eigenvalue weighted by molar-refractivity contribution is 7.99. The molecule has 9 heteroatoms. The van der Waals surface area contributed by atoms with E-state index < -0.39 is 0 Å². The third kappa shape index (κ3) is 4.74. The van der Waals surface area contributed by atoms with Gasteiger partial charge in [-0.1, -0.05) is 42.1 Å². The molecule has 1 aromatic heterocycles. The number of ether oxygens (including phenoxy) is 2. The number of rotatable bonds is 8. The van der Waals surface area contributed by atoms with Crippen LogP contribution >= 0.6 is 11.8 Å². The summed E-state index contributed by atoms with van der Waals surface area (Å²) in [6.07, 6.45) is 0.570. The van der Waals surface area contributed by atoms with Crippen molar-refractivity contribution in [3.05, 3.63) is 59.9 Å². The quantitative estimate of drug-likeness (QED) is 0.442. The summed E-state index contributed by atoms with van der Waals surface area (Å²) in [6, 6.07) is 15.0. The second-order valence-electron chi connectivity index (χ2n) is 5.83. The zero-order chi connectivity index (χ0) is 19.9. The molecule has 2 aromatic carbocycles. The highest BCUT2D eigenvalue weighted by Crippen LogP contribution is 2.29. The Bertz CT molecular complexity index is 946. The summed E-state index contributed by atoms with van der Waals surface area (Å²) >= 11 is 1.21. The molecule has 1 amide bonds. The average molecular weight is 399 g/mol. The fraction of sp³-hybridized carbons (Fsp3) is 0.211. The number of hydrogen-bond acceptors (Lipinski definition) is 7. The number of nitrogens with two attached hydrogens (primary N) is 1. The Morgan fingerprint density at radius 3 is 2.64 bits per heavy atom. The first-order valence-corrected chi connectivity index (χ1v) is 9.47. The molecule has 3 aromatic rings. The molecule has 3 N–H and O–H groups in total. The maximum atomic E-state index is 12.3. The normalized spacial score (nSPS) is 10.5. The standard InChI is InChI=1S/C19H21N5O3S/c1-26-14-8-9-15(16(11-14)27-2)21-18(25)12-28-19-23-22-17(24(19)20)10-13-6-4-3-5-7-13/h3-9,11H,10,12,20H2,1-2H3,(H,21,25). The molecular formula is C19H21N5O3S. The molecule has 0 fully saturated rings. The number of hydrogen-bond donors (Lipinski definition) is 2. The fourth-order valence-corrected chi connectivity index (χ4v) is 3.20. The molecule has 0 unspecified atom stereocenters. The SMILES string of the molecule is COc1ccc(NC(=O)CSc2nnc(Cc3ccccc3)n2N)c(OC)c1. The zero-order valence-corrected chi connectivity index (χ0v) is 16.4. The lowest BCUT2D eigenvalue weighted by Crippen LogP contribution is -2.17. The van der Waals surface area contributed by atoms with E-state index in [9.17, 15) is 4.79 Å². The minimum Gasteiger partial charge on any atom is -0.497 e. The van der Waals surface area contributed by atoms with Crippen molar-refractivity contribution in [1.29, 1.82) is 0 Å². The van der Waals surface area contributed by atoms with Gasteiger partial charge in [0.25, 0.3) is 0 Å². The number of amides is 1. The summed E-state index contributed by atoms with van der Waals surface area (Å²) < 4.78 is 11.8. The zero-order valence-electron chi connectivity index (χ0n) is 15.6. The topological polar surface area (TPSA) is 104 Å². The number of benzene rings is 2. The van der Waals surface area contributed by atoms with Crippen molar-refractivity contribution in [3.63, 3.8) is 0 Å². The van der Waals surface area contributed by atoms with Crippen LogP contribution in [0.1, 0.15) is 11.4 Å². The van der Waals surface area contributed by atoms with Crippen molar-refractivity contribution < 1.29 is 14.3 Å². The van der Waals surface area contributed by atoms with E-state index in [2.05, 4.69) is 15.5 Å². The molecule has 0 saturated heterocycles. The molecule has 8 nitrogen and oxygen atoms in total. The van der Waals surface area contributed by atoms with Gasteiger partial charge in [-0.3, -0.25) is 4.79 Å². The first-order valence-electron chi connectivity index (χ1n) is 8.48. The average Bonchev–Trinajstić information content (AvgIpc) is 3.07. The predicted molar refractivity (Wildman–Crippen MR) is 108 cm³/mol. The number of thioether (sulfide) groups is 1. The van der Waals surface area contributed by atoms with Crippen LogP contribution in [0.4, 0.5) is 5.69 Å². The van der Waals surface area contributed by atoms with Gasteiger partial charge in [-0.05, 0) is 17.7 Å². The molecule has 0 radical (unpaired) electrons. The van der Waals surface area contributed by atoms with Crippen molar-refractivity contribution in [2.75, 3.05) is 31.1 Å². The number of carbonyl (C=O) groups is 1. The lowest BCUT2D eigenvalue weighted by molar-refractivity contribution is -0.113. The Balaban J connectivity index is 1.59. The summed E-state index contributed by atoms with van der Waals surface area (Å²) in [5.41, 5.74) is 1.65. The van der Waals surface area contributed by atoms with Crippen LogP contribution in [0.25, 0.3) is 0 Å². The minimum atomic E-state index is -0.207. The molecule has 28 heavy (non-hydrogen) atoms. The number of nitrogens with one attached hydrogen (secondary N) is 1.